The van der Waals surface area contributed by atoms with E-state index in [9.17, 15) is 5.11 Å². The van der Waals surface area contributed by atoms with E-state index in [2.05, 4.69) is 64.3 Å². The van der Waals surface area contributed by atoms with Gasteiger partial charge in [0.1, 0.15) is 5.82 Å². The Morgan fingerprint density at radius 2 is 1.88 bits per heavy atom. The number of phenolic OH excluding ortho intramolecular Hbond substituents is 1. The van der Waals surface area contributed by atoms with Crippen LogP contribution >= 0.6 is 15.9 Å². The van der Waals surface area contributed by atoms with E-state index in [1.165, 1.54) is 12.7 Å². The molecule has 0 radical (unpaired) electrons. The minimum Gasteiger partial charge on any atom is -0.503 e. The van der Waals surface area contributed by atoms with E-state index in [1.807, 2.05) is 6.07 Å². The van der Waals surface area contributed by atoms with Crippen LogP contribution in [0.25, 0.3) is 10.9 Å². The minimum atomic E-state index is 0.0650. The number of hydrogen-bond acceptors (Lipinski definition) is 5. The van der Waals surface area contributed by atoms with E-state index in [4.69, 9.17) is 4.74 Å². The largest absolute Gasteiger partial charge is 0.503 e. The number of nitrogens with zero attached hydrogens (tertiary/aromatic N) is 2. The highest BCUT2D eigenvalue weighted by molar-refractivity contribution is 9.10. The molecule has 26 heavy (non-hydrogen) atoms. The molecule has 1 heterocycles. The Balaban J connectivity index is 1.88. The third-order valence-corrected chi connectivity index (χ3v) is 4.72. The van der Waals surface area contributed by atoms with E-state index in [1.54, 1.807) is 18.3 Å². The molecule has 3 rings (SSSR count). The van der Waals surface area contributed by atoms with Crippen LogP contribution < -0.4 is 10.2 Å². The third-order valence-electron chi connectivity index (χ3n) is 4.12. The summed E-state index contributed by atoms with van der Waals surface area (Å²) in [5.41, 5.74) is 8.25. The Bertz CT molecular complexity index is 1020. The van der Waals surface area contributed by atoms with E-state index >= 15 is 0 Å². The first-order valence-corrected chi connectivity index (χ1v) is 8.92. The van der Waals surface area contributed by atoms with Gasteiger partial charge < -0.3 is 9.84 Å². The number of aromatic hydroxyl groups is 1. The Morgan fingerprint density at radius 3 is 2.62 bits per heavy atom. The summed E-state index contributed by atoms with van der Waals surface area (Å²) in [5.74, 6) is 1.13. The average Bonchev–Trinajstić information content (AvgIpc) is 2.59. The molecule has 0 aliphatic rings. The van der Waals surface area contributed by atoms with E-state index in [0.29, 0.717) is 16.0 Å². The van der Waals surface area contributed by atoms with Gasteiger partial charge in [0.05, 0.1) is 23.3 Å². The summed E-state index contributed by atoms with van der Waals surface area (Å²) in [6.07, 6.45) is 1.65. The lowest BCUT2D eigenvalue weighted by atomic mass is 10.0. The molecular weight excluding hydrogens is 394 g/mol. The van der Waals surface area contributed by atoms with Crippen molar-refractivity contribution < 1.29 is 9.84 Å². The fraction of sp³-hybridized carbons (Fsp3) is 0.200. The number of phenols is 1. The molecule has 0 saturated heterocycles. The van der Waals surface area contributed by atoms with Gasteiger partial charge in [-0.05, 0) is 77.7 Å². The maximum atomic E-state index is 9.86. The molecule has 6 heteroatoms. The third kappa shape index (κ3) is 3.65. The van der Waals surface area contributed by atoms with Crippen molar-refractivity contribution in [3.05, 3.63) is 57.1 Å². The Morgan fingerprint density at radius 1 is 1.12 bits per heavy atom. The van der Waals surface area contributed by atoms with Crippen LogP contribution in [0, 0.1) is 20.8 Å². The van der Waals surface area contributed by atoms with Crippen molar-refractivity contribution >= 4 is 38.9 Å². The highest BCUT2D eigenvalue weighted by Crippen LogP contribution is 2.34. The molecule has 2 aromatic carbocycles. The van der Waals surface area contributed by atoms with E-state index < -0.39 is 0 Å². The van der Waals surface area contributed by atoms with Crippen molar-refractivity contribution in [1.82, 2.24) is 4.98 Å². The predicted octanol–water partition coefficient (Wildman–Crippen LogP) is 5.08. The smallest absolute Gasteiger partial charge is 0.172 e. The Kier molecular flexibility index (Phi) is 5.13. The molecule has 0 spiro atoms. The van der Waals surface area contributed by atoms with Crippen molar-refractivity contribution in [2.45, 2.75) is 20.8 Å². The summed E-state index contributed by atoms with van der Waals surface area (Å²) >= 11 is 3.30. The molecule has 134 valence electrons. The molecule has 0 saturated carbocycles. The number of hydrazone groups is 1. The average molecular weight is 414 g/mol. The number of rotatable bonds is 4. The number of halogens is 1. The van der Waals surface area contributed by atoms with Gasteiger partial charge in [-0.3, -0.25) is 5.43 Å². The lowest BCUT2D eigenvalue weighted by molar-refractivity contribution is 0.372. The standard InChI is InChI=1S/C20H20BrN3O2/c1-11-5-13(3)19-15(6-11)12(2)7-18(23-19)24-22-10-14-8-16(21)20(25)17(9-14)26-4/h5-10,25H,1-4H3,(H,23,24)/b22-10+. The zero-order valence-corrected chi connectivity index (χ0v) is 16.7. The van der Waals surface area contributed by atoms with Crippen molar-refractivity contribution in [2.75, 3.05) is 12.5 Å². The SMILES string of the molecule is COc1cc(/C=N/Nc2cc(C)c3cc(C)cc(C)c3n2)cc(Br)c1O. The highest BCUT2D eigenvalue weighted by atomic mass is 79.9. The van der Waals surface area contributed by atoms with Crippen LogP contribution in [0.15, 0.2) is 39.9 Å². The number of nitrogens with one attached hydrogen (secondary N) is 1. The van der Waals surface area contributed by atoms with Crippen LogP contribution in [0.5, 0.6) is 11.5 Å². The number of aryl methyl sites for hydroxylation is 3. The number of ether oxygens (including phenoxy) is 1. The number of fused-ring (bicyclic) bond motifs is 1. The second-order valence-electron chi connectivity index (χ2n) is 6.23. The molecule has 0 atom stereocenters. The molecule has 3 aromatic rings. The zero-order chi connectivity index (χ0) is 18.8. The normalized spacial score (nSPS) is 11.3. The predicted molar refractivity (Wildman–Crippen MR) is 110 cm³/mol. The topological polar surface area (TPSA) is 66.7 Å². The van der Waals surface area contributed by atoms with Gasteiger partial charge in [0, 0.05) is 5.39 Å². The second-order valence-corrected chi connectivity index (χ2v) is 7.08. The summed E-state index contributed by atoms with van der Waals surface area (Å²) in [7, 11) is 1.51. The molecule has 2 N–H and O–H groups in total. The molecule has 0 bridgehead atoms. The number of methoxy groups -OCH3 is 1. The number of hydrogen-bond donors (Lipinski definition) is 2. The van der Waals surface area contributed by atoms with Crippen LogP contribution in [-0.4, -0.2) is 23.4 Å². The summed E-state index contributed by atoms with van der Waals surface area (Å²) in [5, 5.41) is 15.3. The fourth-order valence-corrected chi connectivity index (χ4v) is 3.36. The number of aromatic nitrogens is 1. The van der Waals surface area contributed by atoms with Crippen molar-refractivity contribution in [1.29, 1.82) is 0 Å². The van der Waals surface area contributed by atoms with Crippen LogP contribution in [0.4, 0.5) is 5.82 Å². The quantitative estimate of drug-likeness (QED) is 0.462. The first-order chi connectivity index (χ1) is 12.4. The van der Waals surface area contributed by atoms with Crippen molar-refractivity contribution in [3.63, 3.8) is 0 Å². The van der Waals surface area contributed by atoms with Crippen LogP contribution in [0.2, 0.25) is 0 Å². The Labute approximate surface area is 160 Å². The molecular formula is C20H20BrN3O2. The first kappa shape index (κ1) is 18.2. The van der Waals surface area contributed by atoms with Gasteiger partial charge >= 0.3 is 0 Å². The molecule has 5 nitrogen and oxygen atoms in total. The summed E-state index contributed by atoms with van der Waals surface area (Å²) < 4.78 is 5.69. The maximum Gasteiger partial charge on any atom is 0.172 e. The maximum absolute atomic E-state index is 9.86. The number of pyridine rings is 1. The zero-order valence-electron chi connectivity index (χ0n) is 15.1. The number of anilines is 1. The van der Waals surface area contributed by atoms with Crippen LogP contribution in [0.1, 0.15) is 22.3 Å². The van der Waals surface area contributed by atoms with Crippen LogP contribution in [-0.2, 0) is 0 Å². The van der Waals surface area contributed by atoms with Gasteiger partial charge in [0.2, 0.25) is 0 Å². The summed E-state index contributed by atoms with van der Waals surface area (Å²) in [4.78, 5) is 4.67. The summed E-state index contributed by atoms with van der Waals surface area (Å²) in [6.45, 7) is 6.22. The number of benzene rings is 2. The van der Waals surface area contributed by atoms with Gasteiger partial charge in [-0.15, -0.1) is 0 Å². The first-order valence-electron chi connectivity index (χ1n) is 8.13. The second kappa shape index (κ2) is 7.33. The molecule has 1 aromatic heterocycles. The molecule has 0 fully saturated rings. The molecule has 0 amide bonds. The van der Waals surface area contributed by atoms with Gasteiger partial charge in [-0.25, -0.2) is 4.98 Å². The molecule has 0 unspecified atom stereocenters. The van der Waals surface area contributed by atoms with Crippen LogP contribution in [0.3, 0.4) is 0 Å². The van der Waals surface area contributed by atoms with Gasteiger partial charge in [-0.2, -0.15) is 5.10 Å². The monoisotopic (exact) mass is 413 g/mol. The summed E-state index contributed by atoms with van der Waals surface area (Å²) in [6, 6.07) is 9.72. The van der Waals surface area contributed by atoms with Gasteiger partial charge in [0.15, 0.2) is 11.5 Å². The fourth-order valence-electron chi connectivity index (χ4n) is 2.90. The lowest BCUT2D eigenvalue weighted by Gasteiger charge is -2.09. The highest BCUT2D eigenvalue weighted by Gasteiger charge is 2.08. The Hall–Kier alpha value is -2.60. The lowest BCUT2D eigenvalue weighted by Crippen LogP contribution is -1.97. The molecule has 0 aliphatic heterocycles. The van der Waals surface area contributed by atoms with Crippen molar-refractivity contribution in [2.24, 2.45) is 5.10 Å². The molecule has 0 aliphatic carbocycles. The van der Waals surface area contributed by atoms with E-state index in [-0.39, 0.29) is 5.75 Å². The van der Waals surface area contributed by atoms with Crippen molar-refractivity contribution in [3.8, 4) is 11.5 Å². The van der Waals surface area contributed by atoms with Gasteiger partial charge in [0.25, 0.3) is 0 Å². The minimum absolute atomic E-state index is 0.0650. The van der Waals surface area contributed by atoms with Gasteiger partial charge in [-0.1, -0.05) is 11.6 Å². The van der Waals surface area contributed by atoms with E-state index in [0.717, 1.165) is 27.6 Å².